The van der Waals surface area contributed by atoms with Crippen molar-refractivity contribution in [3.8, 4) is 5.69 Å². The molecule has 0 bridgehead atoms. The maximum atomic E-state index is 12.3. The van der Waals surface area contributed by atoms with Gasteiger partial charge in [0, 0.05) is 27.5 Å². The predicted octanol–water partition coefficient (Wildman–Crippen LogP) is 5.34. The van der Waals surface area contributed by atoms with Crippen molar-refractivity contribution in [3.63, 3.8) is 0 Å². The number of benzene rings is 2. The van der Waals surface area contributed by atoms with Crippen LogP contribution in [0.15, 0.2) is 64.6 Å². The highest BCUT2D eigenvalue weighted by molar-refractivity contribution is 8.00. The van der Waals surface area contributed by atoms with Gasteiger partial charge >= 0.3 is 0 Å². The van der Waals surface area contributed by atoms with Gasteiger partial charge in [-0.05, 0) is 76.1 Å². The van der Waals surface area contributed by atoms with Crippen LogP contribution >= 0.6 is 11.8 Å². The van der Waals surface area contributed by atoms with Gasteiger partial charge in [0.05, 0.1) is 11.5 Å². The summed E-state index contributed by atoms with van der Waals surface area (Å²) in [4.78, 5) is 13.4. The van der Waals surface area contributed by atoms with E-state index in [2.05, 4.69) is 67.1 Å². The summed E-state index contributed by atoms with van der Waals surface area (Å²) in [6, 6.07) is 18.5. The fraction of sp³-hybridized carbons (Fsp3) is 0.250. The fourth-order valence-electron chi connectivity index (χ4n) is 3.19. The third kappa shape index (κ3) is 4.98. The van der Waals surface area contributed by atoms with Gasteiger partial charge in [0.1, 0.15) is 0 Å². The van der Waals surface area contributed by atoms with Gasteiger partial charge in [-0.15, -0.1) is 11.8 Å². The third-order valence-electron chi connectivity index (χ3n) is 5.02. The summed E-state index contributed by atoms with van der Waals surface area (Å²) in [6.45, 7) is 10.3. The average molecular weight is 406 g/mol. The molecule has 1 atom stereocenters. The van der Waals surface area contributed by atoms with Crippen LogP contribution in [0.3, 0.4) is 0 Å². The molecule has 0 aliphatic carbocycles. The number of carbonyl (C=O) groups is 1. The molecule has 3 rings (SSSR count). The summed E-state index contributed by atoms with van der Waals surface area (Å²) >= 11 is 1.52. The summed E-state index contributed by atoms with van der Waals surface area (Å²) in [5.41, 5.74) is 9.56. The zero-order chi connectivity index (χ0) is 21.0. The second-order valence-electron chi connectivity index (χ2n) is 7.24. The van der Waals surface area contributed by atoms with Gasteiger partial charge < -0.3 is 4.57 Å². The van der Waals surface area contributed by atoms with Crippen molar-refractivity contribution in [1.82, 2.24) is 9.99 Å². The van der Waals surface area contributed by atoms with Crippen LogP contribution in [0, 0.1) is 27.7 Å². The molecule has 2 aromatic carbocycles. The number of nitrogens with zero attached hydrogens (tertiary/aromatic N) is 2. The van der Waals surface area contributed by atoms with E-state index in [1.54, 1.807) is 6.21 Å². The molecular weight excluding hydrogens is 378 g/mol. The smallest absolute Gasteiger partial charge is 0.253 e. The number of aromatic nitrogens is 1. The normalized spacial score (nSPS) is 12.3. The summed E-state index contributed by atoms with van der Waals surface area (Å²) in [5, 5.41) is 3.97. The quantitative estimate of drug-likeness (QED) is 0.342. The van der Waals surface area contributed by atoms with E-state index in [0.29, 0.717) is 0 Å². The van der Waals surface area contributed by atoms with Crippen LogP contribution in [0.25, 0.3) is 5.69 Å². The van der Waals surface area contributed by atoms with Crippen LogP contribution < -0.4 is 5.43 Å². The number of carbonyl (C=O) groups excluding carboxylic acids is 1. The maximum Gasteiger partial charge on any atom is 0.253 e. The molecule has 0 radical (unpaired) electrons. The molecule has 150 valence electrons. The van der Waals surface area contributed by atoms with E-state index in [-0.39, 0.29) is 11.2 Å². The maximum absolute atomic E-state index is 12.3. The SMILES string of the molecule is Cc1ccc(-n2c(C)cc(/C=N/NC(=O)C(C)Sc3ccccc3)c2C)cc1C. The molecule has 3 aromatic rings. The molecule has 1 heterocycles. The lowest BCUT2D eigenvalue weighted by molar-refractivity contribution is -0.120. The standard InChI is InChI=1S/C24H27N3OS/c1-16-11-12-22(13-17(16)2)27-18(3)14-21(19(27)4)15-25-26-24(28)20(5)29-23-9-7-6-8-10-23/h6-15,20H,1-5H3,(H,26,28)/b25-15+. The van der Waals surface area contributed by atoms with E-state index < -0.39 is 0 Å². The van der Waals surface area contributed by atoms with Gasteiger partial charge in [-0.3, -0.25) is 4.79 Å². The Kier molecular flexibility index (Phi) is 6.60. The topological polar surface area (TPSA) is 46.4 Å². The lowest BCUT2D eigenvalue weighted by Crippen LogP contribution is -2.26. The van der Waals surface area contributed by atoms with E-state index in [4.69, 9.17) is 0 Å². The van der Waals surface area contributed by atoms with E-state index in [0.717, 1.165) is 27.5 Å². The predicted molar refractivity (Wildman–Crippen MR) is 122 cm³/mol. The molecule has 4 nitrogen and oxygen atoms in total. The molecule has 0 saturated heterocycles. The minimum absolute atomic E-state index is 0.113. The zero-order valence-corrected chi connectivity index (χ0v) is 18.4. The lowest BCUT2D eigenvalue weighted by atomic mass is 10.1. The Labute approximate surface area is 177 Å². The van der Waals surface area contributed by atoms with Crippen LogP contribution in [-0.2, 0) is 4.79 Å². The van der Waals surface area contributed by atoms with Crippen LogP contribution in [0.2, 0.25) is 0 Å². The minimum Gasteiger partial charge on any atom is -0.318 e. The van der Waals surface area contributed by atoms with E-state index in [1.807, 2.05) is 37.3 Å². The van der Waals surface area contributed by atoms with Gasteiger partial charge in [0.15, 0.2) is 0 Å². The number of amides is 1. The molecule has 5 heteroatoms. The number of hydrazone groups is 1. The van der Waals surface area contributed by atoms with Crippen molar-refractivity contribution in [2.24, 2.45) is 5.10 Å². The second kappa shape index (κ2) is 9.14. The average Bonchev–Trinajstić information content (AvgIpc) is 2.98. The van der Waals surface area contributed by atoms with Crippen molar-refractivity contribution in [2.45, 2.75) is 44.8 Å². The second-order valence-corrected chi connectivity index (χ2v) is 8.65. The van der Waals surface area contributed by atoms with Crippen LogP contribution in [0.1, 0.15) is 35.0 Å². The lowest BCUT2D eigenvalue weighted by Gasteiger charge is -2.11. The Morgan fingerprint density at radius 1 is 1.03 bits per heavy atom. The third-order valence-corrected chi connectivity index (χ3v) is 6.13. The van der Waals surface area contributed by atoms with E-state index in [1.165, 1.54) is 22.9 Å². The molecule has 1 amide bonds. The van der Waals surface area contributed by atoms with E-state index >= 15 is 0 Å². The molecule has 1 aromatic heterocycles. The van der Waals surface area contributed by atoms with Gasteiger partial charge in [-0.25, -0.2) is 5.43 Å². The monoisotopic (exact) mass is 405 g/mol. The molecule has 29 heavy (non-hydrogen) atoms. The number of hydrogen-bond donors (Lipinski definition) is 1. The minimum atomic E-state index is -0.225. The largest absolute Gasteiger partial charge is 0.318 e. The number of nitrogens with one attached hydrogen (secondary N) is 1. The Bertz CT molecular complexity index is 1040. The van der Waals surface area contributed by atoms with Crippen molar-refractivity contribution in [2.75, 3.05) is 0 Å². The number of aryl methyl sites for hydroxylation is 3. The summed E-state index contributed by atoms with van der Waals surface area (Å²) in [5.74, 6) is -0.113. The first-order valence-corrected chi connectivity index (χ1v) is 10.6. The Balaban J connectivity index is 1.69. The van der Waals surface area contributed by atoms with Crippen molar-refractivity contribution >= 4 is 23.9 Å². The van der Waals surface area contributed by atoms with E-state index in [9.17, 15) is 4.79 Å². The summed E-state index contributed by atoms with van der Waals surface area (Å²) in [6.07, 6.45) is 1.72. The molecule has 1 unspecified atom stereocenters. The molecular formula is C24H27N3OS. The molecule has 0 spiro atoms. The van der Waals surface area contributed by atoms with Gasteiger partial charge in [-0.2, -0.15) is 5.10 Å². The molecule has 1 N–H and O–H groups in total. The molecule has 0 saturated carbocycles. The Hall–Kier alpha value is -2.79. The Morgan fingerprint density at radius 3 is 2.45 bits per heavy atom. The first-order chi connectivity index (χ1) is 13.9. The highest BCUT2D eigenvalue weighted by Gasteiger charge is 2.14. The number of thioether (sulfide) groups is 1. The molecule has 0 aliphatic rings. The summed E-state index contributed by atoms with van der Waals surface area (Å²) < 4.78 is 2.21. The van der Waals surface area contributed by atoms with Gasteiger partial charge in [-0.1, -0.05) is 24.3 Å². The van der Waals surface area contributed by atoms with Crippen LogP contribution in [0.5, 0.6) is 0 Å². The number of rotatable bonds is 6. The van der Waals surface area contributed by atoms with Gasteiger partial charge in [0.25, 0.3) is 5.91 Å². The van der Waals surface area contributed by atoms with Crippen molar-refractivity contribution < 1.29 is 4.79 Å². The molecule has 0 fully saturated rings. The van der Waals surface area contributed by atoms with Gasteiger partial charge in [0.2, 0.25) is 0 Å². The van der Waals surface area contributed by atoms with Crippen molar-refractivity contribution in [1.29, 1.82) is 0 Å². The highest BCUT2D eigenvalue weighted by atomic mass is 32.2. The fourth-order valence-corrected chi connectivity index (χ4v) is 4.08. The molecule has 0 aliphatic heterocycles. The van der Waals surface area contributed by atoms with Crippen LogP contribution in [-0.4, -0.2) is 21.9 Å². The summed E-state index contributed by atoms with van der Waals surface area (Å²) in [7, 11) is 0. The highest BCUT2D eigenvalue weighted by Crippen LogP contribution is 2.23. The van der Waals surface area contributed by atoms with Crippen molar-refractivity contribution in [3.05, 3.63) is 82.7 Å². The number of hydrogen-bond acceptors (Lipinski definition) is 3. The first kappa shape index (κ1) is 20.9. The van der Waals surface area contributed by atoms with Crippen LogP contribution in [0.4, 0.5) is 0 Å². The Morgan fingerprint density at radius 2 is 1.76 bits per heavy atom. The first-order valence-electron chi connectivity index (χ1n) is 9.68. The zero-order valence-electron chi connectivity index (χ0n) is 17.6.